The van der Waals surface area contributed by atoms with E-state index in [1.165, 1.54) is 6.07 Å². The van der Waals surface area contributed by atoms with Crippen molar-refractivity contribution in [3.05, 3.63) is 29.8 Å². The number of halogens is 3. The number of rotatable bonds is 3. The van der Waals surface area contributed by atoms with Gasteiger partial charge in [-0.05, 0) is 31.0 Å². The van der Waals surface area contributed by atoms with Crippen molar-refractivity contribution in [2.24, 2.45) is 0 Å². The summed E-state index contributed by atoms with van der Waals surface area (Å²) in [5.41, 5.74) is -1.06. The molecule has 2 nitrogen and oxygen atoms in total. The van der Waals surface area contributed by atoms with Crippen LogP contribution in [0, 0.1) is 0 Å². The fourth-order valence-electron chi connectivity index (χ4n) is 2.46. The zero-order valence-electron chi connectivity index (χ0n) is 10.6. The molecule has 0 heterocycles. The van der Waals surface area contributed by atoms with Crippen molar-refractivity contribution >= 4 is 5.69 Å². The van der Waals surface area contributed by atoms with Crippen molar-refractivity contribution < 1.29 is 18.3 Å². The van der Waals surface area contributed by atoms with Crippen molar-refractivity contribution in [3.63, 3.8) is 0 Å². The molecule has 0 aromatic heterocycles. The first-order valence-electron chi connectivity index (χ1n) is 6.53. The molecule has 0 radical (unpaired) electrons. The van der Waals surface area contributed by atoms with E-state index in [1.54, 1.807) is 6.07 Å². The maximum absolute atomic E-state index is 12.6. The normalized spacial score (nSPS) is 19.2. The minimum absolute atomic E-state index is 0.300. The first-order valence-corrected chi connectivity index (χ1v) is 6.53. The monoisotopic (exact) mass is 273 g/mol. The van der Waals surface area contributed by atoms with Crippen LogP contribution in [-0.2, 0) is 6.18 Å². The number of benzene rings is 1. The Kier molecular flexibility index (Phi) is 4.04. The highest BCUT2D eigenvalue weighted by Gasteiger charge is 2.31. The molecule has 0 saturated heterocycles. The lowest BCUT2D eigenvalue weighted by Crippen LogP contribution is -2.38. The molecule has 1 aliphatic rings. The standard InChI is InChI=1S/C14H18F3NO/c15-14(16,17)11-5-4-6-12(9-11)18-10-13(19)7-2-1-3-8-13/h4-6,9,18-19H,1-3,7-8,10H2. The second-order valence-corrected chi connectivity index (χ2v) is 5.22. The van der Waals surface area contributed by atoms with Gasteiger partial charge in [0, 0.05) is 12.2 Å². The van der Waals surface area contributed by atoms with Crippen molar-refractivity contribution in [2.45, 2.75) is 43.9 Å². The Hall–Kier alpha value is -1.23. The highest BCUT2D eigenvalue weighted by Crippen LogP contribution is 2.32. The average Bonchev–Trinajstić information content (AvgIpc) is 2.37. The van der Waals surface area contributed by atoms with Crippen LogP contribution in [0.2, 0.25) is 0 Å². The molecule has 0 spiro atoms. The van der Waals surface area contributed by atoms with Crippen LogP contribution in [0.3, 0.4) is 0 Å². The largest absolute Gasteiger partial charge is 0.416 e. The molecule has 1 saturated carbocycles. The molecule has 2 rings (SSSR count). The summed E-state index contributed by atoms with van der Waals surface area (Å²) in [7, 11) is 0. The summed E-state index contributed by atoms with van der Waals surface area (Å²) in [6.45, 7) is 0.300. The summed E-state index contributed by atoms with van der Waals surface area (Å²) in [5, 5.41) is 13.2. The average molecular weight is 273 g/mol. The molecule has 0 bridgehead atoms. The number of alkyl halides is 3. The molecule has 1 aromatic rings. The van der Waals surface area contributed by atoms with Crippen molar-refractivity contribution in [1.29, 1.82) is 0 Å². The van der Waals surface area contributed by atoms with Gasteiger partial charge < -0.3 is 10.4 Å². The van der Waals surface area contributed by atoms with Crippen LogP contribution in [0.25, 0.3) is 0 Å². The van der Waals surface area contributed by atoms with Crippen LogP contribution in [-0.4, -0.2) is 17.3 Å². The molecule has 106 valence electrons. The summed E-state index contributed by atoms with van der Waals surface area (Å²) >= 11 is 0. The number of hydrogen-bond donors (Lipinski definition) is 2. The number of anilines is 1. The number of hydrogen-bond acceptors (Lipinski definition) is 2. The molecule has 19 heavy (non-hydrogen) atoms. The molecule has 5 heteroatoms. The van der Waals surface area contributed by atoms with Gasteiger partial charge in [0.25, 0.3) is 0 Å². The van der Waals surface area contributed by atoms with Gasteiger partial charge in [0.2, 0.25) is 0 Å². The van der Waals surface area contributed by atoms with Gasteiger partial charge in [0.05, 0.1) is 11.2 Å². The molecule has 1 aliphatic carbocycles. The van der Waals surface area contributed by atoms with Gasteiger partial charge in [0.1, 0.15) is 0 Å². The van der Waals surface area contributed by atoms with E-state index in [4.69, 9.17) is 0 Å². The first-order chi connectivity index (χ1) is 8.89. The van der Waals surface area contributed by atoms with Crippen LogP contribution >= 0.6 is 0 Å². The Labute approximate surface area is 110 Å². The Morgan fingerprint density at radius 3 is 2.47 bits per heavy atom. The van der Waals surface area contributed by atoms with E-state index in [-0.39, 0.29) is 0 Å². The summed E-state index contributed by atoms with van der Waals surface area (Å²) in [5.74, 6) is 0. The van der Waals surface area contributed by atoms with Crippen LogP contribution in [0.4, 0.5) is 18.9 Å². The Balaban J connectivity index is 1.99. The summed E-state index contributed by atoms with van der Waals surface area (Å²) in [6, 6.07) is 5.07. The van der Waals surface area contributed by atoms with Gasteiger partial charge in [-0.1, -0.05) is 25.3 Å². The van der Waals surface area contributed by atoms with Gasteiger partial charge in [-0.15, -0.1) is 0 Å². The van der Waals surface area contributed by atoms with Crippen LogP contribution in [0.1, 0.15) is 37.7 Å². The highest BCUT2D eigenvalue weighted by molar-refractivity contribution is 5.46. The van der Waals surface area contributed by atoms with Crippen molar-refractivity contribution in [2.75, 3.05) is 11.9 Å². The van der Waals surface area contributed by atoms with Gasteiger partial charge in [-0.2, -0.15) is 13.2 Å². The lowest BCUT2D eigenvalue weighted by atomic mass is 9.85. The van der Waals surface area contributed by atoms with Gasteiger partial charge in [-0.25, -0.2) is 0 Å². The summed E-state index contributed by atoms with van der Waals surface area (Å²) < 4.78 is 37.7. The minimum atomic E-state index is -4.33. The van der Waals surface area contributed by atoms with E-state index >= 15 is 0 Å². The minimum Gasteiger partial charge on any atom is -0.388 e. The smallest absolute Gasteiger partial charge is 0.388 e. The Morgan fingerprint density at radius 1 is 1.16 bits per heavy atom. The number of aliphatic hydroxyl groups is 1. The lowest BCUT2D eigenvalue weighted by Gasteiger charge is -2.32. The van der Waals surface area contributed by atoms with E-state index in [0.29, 0.717) is 25.1 Å². The topological polar surface area (TPSA) is 32.3 Å². The highest BCUT2D eigenvalue weighted by atomic mass is 19.4. The van der Waals surface area contributed by atoms with Crippen molar-refractivity contribution in [1.82, 2.24) is 0 Å². The second-order valence-electron chi connectivity index (χ2n) is 5.22. The van der Waals surface area contributed by atoms with Crippen LogP contribution < -0.4 is 5.32 Å². The fraction of sp³-hybridized carbons (Fsp3) is 0.571. The third-order valence-electron chi connectivity index (χ3n) is 3.60. The summed E-state index contributed by atoms with van der Waals surface area (Å²) in [6.07, 6.45) is 0.144. The third kappa shape index (κ3) is 3.86. The van der Waals surface area contributed by atoms with E-state index in [1.807, 2.05) is 0 Å². The fourth-order valence-corrected chi connectivity index (χ4v) is 2.46. The molecule has 2 N–H and O–H groups in total. The zero-order chi connectivity index (χ0) is 13.9. The second kappa shape index (κ2) is 5.41. The predicted octanol–water partition coefficient (Wildman–Crippen LogP) is 3.81. The van der Waals surface area contributed by atoms with Gasteiger partial charge in [0.15, 0.2) is 0 Å². The van der Waals surface area contributed by atoms with E-state index in [9.17, 15) is 18.3 Å². The van der Waals surface area contributed by atoms with E-state index in [0.717, 1.165) is 31.4 Å². The van der Waals surface area contributed by atoms with Gasteiger partial charge in [-0.3, -0.25) is 0 Å². The summed E-state index contributed by atoms with van der Waals surface area (Å²) in [4.78, 5) is 0. The SMILES string of the molecule is OC1(CNc2cccc(C(F)(F)F)c2)CCCCC1. The van der Waals surface area contributed by atoms with E-state index in [2.05, 4.69) is 5.32 Å². The molecule has 0 aliphatic heterocycles. The number of nitrogens with one attached hydrogen (secondary N) is 1. The molecule has 1 fully saturated rings. The maximum atomic E-state index is 12.6. The van der Waals surface area contributed by atoms with Crippen LogP contribution in [0.15, 0.2) is 24.3 Å². The molecule has 0 unspecified atom stereocenters. The van der Waals surface area contributed by atoms with Crippen LogP contribution in [0.5, 0.6) is 0 Å². The van der Waals surface area contributed by atoms with Crippen molar-refractivity contribution in [3.8, 4) is 0 Å². The predicted molar refractivity (Wildman–Crippen MR) is 68.0 cm³/mol. The molecule has 0 amide bonds. The first kappa shape index (κ1) is 14.2. The maximum Gasteiger partial charge on any atom is 0.416 e. The zero-order valence-corrected chi connectivity index (χ0v) is 10.6. The molecule has 1 aromatic carbocycles. The van der Waals surface area contributed by atoms with Gasteiger partial charge >= 0.3 is 6.18 Å². The Bertz CT molecular complexity index is 425. The molecular weight excluding hydrogens is 255 g/mol. The quantitative estimate of drug-likeness (QED) is 0.877. The third-order valence-corrected chi connectivity index (χ3v) is 3.60. The Morgan fingerprint density at radius 2 is 1.84 bits per heavy atom. The molecule has 0 atom stereocenters. The molecular formula is C14H18F3NO. The lowest BCUT2D eigenvalue weighted by molar-refractivity contribution is -0.137. The van der Waals surface area contributed by atoms with E-state index < -0.39 is 17.3 Å².